The summed E-state index contributed by atoms with van der Waals surface area (Å²) in [6, 6.07) is 4.04. The number of anilines is 1. The monoisotopic (exact) mass is 404 g/mol. The van der Waals surface area contributed by atoms with E-state index in [1.54, 1.807) is 0 Å². The van der Waals surface area contributed by atoms with Crippen LogP contribution in [0.25, 0.3) is 0 Å². The fourth-order valence-electron chi connectivity index (χ4n) is 3.67. The van der Waals surface area contributed by atoms with Crippen molar-refractivity contribution in [2.45, 2.75) is 63.2 Å². The quantitative estimate of drug-likeness (QED) is 0.576. The van der Waals surface area contributed by atoms with Crippen LogP contribution in [0.3, 0.4) is 0 Å². The molecule has 0 saturated carbocycles. The third-order valence-corrected chi connectivity index (χ3v) is 5.14. The van der Waals surface area contributed by atoms with Crippen molar-refractivity contribution in [1.29, 1.82) is 0 Å². The number of nitrogens with zero attached hydrogens (tertiary/aromatic N) is 3. The molecule has 1 aliphatic heterocycles. The molecule has 2 N–H and O–H groups in total. The van der Waals surface area contributed by atoms with E-state index >= 15 is 0 Å². The highest BCUT2D eigenvalue weighted by Crippen LogP contribution is 2.35. The van der Waals surface area contributed by atoms with Gasteiger partial charge in [0.05, 0.1) is 12.1 Å². The molecule has 1 aliphatic rings. The average Bonchev–Trinajstić information content (AvgIpc) is 2.71. The van der Waals surface area contributed by atoms with Crippen LogP contribution in [0.2, 0.25) is 0 Å². The first-order valence-electron chi connectivity index (χ1n) is 10.0. The highest BCUT2D eigenvalue weighted by Gasteiger charge is 2.34. The van der Waals surface area contributed by atoms with E-state index in [9.17, 15) is 13.6 Å². The molecular weight excluding hydrogens is 378 g/mol. The van der Waals surface area contributed by atoms with Crippen LogP contribution in [-0.2, 0) is 17.6 Å². The van der Waals surface area contributed by atoms with Crippen LogP contribution in [0.1, 0.15) is 61.4 Å². The Kier molecular flexibility index (Phi) is 7.06. The molecule has 0 radical (unpaired) electrons. The Morgan fingerprint density at radius 1 is 1.28 bits per heavy atom. The Hall–Kier alpha value is -2.64. The van der Waals surface area contributed by atoms with Crippen molar-refractivity contribution in [3.05, 3.63) is 47.7 Å². The van der Waals surface area contributed by atoms with Gasteiger partial charge in [0, 0.05) is 49.6 Å². The number of carboxylic acid groups (broad SMARTS) is 1. The van der Waals surface area contributed by atoms with Crippen molar-refractivity contribution in [2.24, 2.45) is 0 Å². The molecule has 0 bridgehead atoms. The minimum absolute atomic E-state index is 0.285. The van der Waals surface area contributed by atoms with Gasteiger partial charge in [-0.05, 0) is 43.7 Å². The number of aliphatic carboxylic acids is 1. The molecule has 1 atom stereocenters. The summed E-state index contributed by atoms with van der Waals surface area (Å²) >= 11 is 0. The molecule has 6 nitrogen and oxygen atoms in total. The molecule has 156 valence electrons. The van der Waals surface area contributed by atoms with E-state index in [4.69, 9.17) is 5.11 Å². The van der Waals surface area contributed by atoms with E-state index < -0.39 is 24.2 Å². The first-order chi connectivity index (χ1) is 13.9. The second kappa shape index (κ2) is 9.71. The van der Waals surface area contributed by atoms with Gasteiger partial charge in [-0.2, -0.15) is 0 Å². The van der Waals surface area contributed by atoms with E-state index in [0.717, 1.165) is 30.9 Å². The molecule has 0 unspecified atom stereocenters. The van der Waals surface area contributed by atoms with Gasteiger partial charge in [-0.25, -0.2) is 13.8 Å². The summed E-state index contributed by atoms with van der Waals surface area (Å²) in [6.45, 7) is 0.916. The summed E-state index contributed by atoms with van der Waals surface area (Å²) in [7, 11) is 0. The molecule has 0 aliphatic carbocycles. The van der Waals surface area contributed by atoms with Gasteiger partial charge in [-0.3, -0.25) is 14.8 Å². The van der Waals surface area contributed by atoms with Gasteiger partial charge < -0.3 is 10.4 Å². The van der Waals surface area contributed by atoms with Crippen molar-refractivity contribution in [3.8, 4) is 0 Å². The number of pyridine rings is 1. The Morgan fingerprint density at radius 3 is 2.90 bits per heavy atom. The lowest BCUT2D eigenvalue weighted by Crippen LogP contribution is -2.22. The predicted octanol–water partition coefficient (Wildman–Crippen LogP) is 4.23. The highest BCUT2D eigenvalue weighted by atomic mass is 19.3. The van der Waals surface area contributed by atoms with Crippen LogP contribution in [0.4, 0.5) is 14.6 Å². The largest absolute Gasteiger partial charge is 0.481 e. The number of hydrogen-bond acceptors (Lipinski definition) is 5. The number of aryl methyl sites for hydroxylation is 2. The third-order valence-electron chi connectivity index (χ3n) is 5.14. The summed E-state index contributed by atoms with van der Waals surface area (Å²) in [4.78, 5) is 23.6. The second-order valence-corrected chi connectivity index (χ2v) is 7.53. The molecule has 3 rings (SSSR count). The van der Waals surface area contributed by atoms with E-state index in [2.05, 4.69) is 26.3 Å². The zero-order chi connectivity index (χ0) is 20.7. The number of aromatic nitrogens is 3. The lowest BCUT2D eigenvalue weighted by atomic mass is 9.91. The van der Waals surface area contributed by atoms with Crippen LogP contribution < -0.4 is 5.32 Å². The maximum Gasteiger partial charge on any atom is 0.304 e. The molecule has 0 amide bonds. The number of hydrogen-bond donors (Lipinski definition) is 2. The summed E-state index contributed by atoms with van der Waals surface area (Å²) in [5.74, 6) is -4.02. The molecular formula is C21H26F2N4O2. The Morgan fingerprint density at radius 2 is 2.14 bits per heavy atom. The number of carboxylic acids is 1. The van der Waals surface area contributed by atoms with Crippen molar-refractivity contribution in [2.75, 3.05) is 11.9 Å². The number of fused-ring (bicyclic) bond motifs is 1. The zero-order valence-corrected chi connectivity index (χ0v) is 16.3. The van der Waals surface area contributed by atoms with Gasteiger partial charge in [-0.15, -0.1) is 0 Å². The molecule has 0 fully saturated rings. The third kappa shape index (κ3) is 6.44. The molecule has 2 aromatic heterocycles. The molecule has 0 saturated heterocycles. The summed E-state index contributed by atoms with van der Waals surface area (Å²) in [5.41, 5.74) is 2.41. The number of nitrogens with one attached hydrogen (secondary N) is 1. The lowest BCUT2D eigenvalue weighted by molar-refractivity contribution is -0.138. The van der Waals surface area contributed by atoms with E-state index in [1.165, 1.54) is 24.2 Å². The zero-order valence-electron chi connectivity index (χ0n) is 16.3. The minimum Gasteiger partial charge on any atom is -0.481 e. The standard InChI is InChI=1S/C21H26F2N4O2/c22-21(23,13-16(12-19(28)29)18-14-24-10-11-25-18)8-2-1-5-17-7-6-15-4-3-9-26-20(15)27-17/h6-7,10-11,14,16H,1-5,8-9,12-13H2,(H,26,27)(H,28,29)/t16-/m1/s1. The normalized spacial score (nSPS) is 14.7. The van der Waals surface area contributed by atoms with Gasteiger partial charge in [0.15, 0.2) is 0 Å². The fraction of sp³-hybridized carbons (Fsp3) is 0.524. The number of carbonyl (C=O) groups is 1. The predicted molar refractivity (Wildman–Crippen MR) is 105 cm³/mol. The van der Waals surface area contributed by atoms with Crippen LogP contribution in [0.5, 0.6) is 0 Å². The van der Waals surface area contributed by atoms with Crippen molar-refractivity contribution < 1.29 is 18.7 Å². The number of halogens is 2. The smallest absolute Gasteiger partial charge is 0.304 e. The average molecular weight is 404 g/mol. The first-order valence-corrected chi connectivity index (χ1v) is 10.0. The number of alkyl halides is 2. The van der Waals surface area contributed by atoms with Crippen LogP contribution in [-0.4, -0.2) is 38.5 Å². The van der Waals surface area contributed by atoms with E-state index in [-0.39, 0.29) is 12.8 Å². The molecule has 0 aromatic carbocycles. The van der Waals surface area contributed by atoms with Gasteiger partial charge in [-0.1, -0.05) is 6.07 Å². The molecule has 29 heavy (non-hydrogen) atoms. The lowest BCUT2D eigenvalue weighted by Gasteiger charge is -2.22. The van der Waals surface area contributed by atoms with Crippen LogP contribution in [0.15, 0.2) is 30.7 Å². The molecule has 8 heteroatoms. The van der Waals surface area contributed by atoms with Crippen molar-refractivity contribution >= 4 is 11.8 Å². The second-order valence-electron chi connectivity index (χ2n) is 7.53. The van der Waals surface area contributed by atoms with Crippen molar-refractivity contribution in [1.82, 2.24) is 15.0 Å². The van der Waals surface area contributed by atoms with Gasteiger partial charge in [0.1, 0.15) is 5.82 Å². The fourth-order valence-corrected chi connectivity index (χ4v) is 3.67. The van der Waals surface area contributed by atoms with Gasteiger partial charge in [0.2, 0.25) is 5.92 Å². The number of unbranched alkanes of at least 4 members (excludes halogenated alkanes) is 1. The maximum absolute atomic E-state index is 14.5. The Labute approximate surface area is 168 Å². The molecule has 3 heterocycles. The molecule has 2 aromatic rings. The Balaban J connectivity index is 1.50. The minimum atomic E-state index is -2.96. The Bertz CT molecular complexity index is 818. The summed E-state index contributed by atoms with van der Waals surface area (Å²) in [5, 5.41) is 12.3. The van der Waals surface area contributed by atoms with E-state index in [1.807, 2.05) is 6.07 Å². The SMILES string of the molecule is O=C(O)C[C@H](CC(F)(F)CCCCc1ccc2c(n1)NCCC2)c1cnccn1. The molecule has 0 spiro atoms. The van der Waals surface area contributed by atoms with Gasteiger partial charge in [0.25, 0.3) is 0 Å². The van der Waals surface area contributed by atoms with Crippen LogP contribution >= 0.6 is 0 Å². The first kappa shape index (κ1) is 21.1. The van der Waals surface area contributed by atoms with Gasteiger partial charge >= 0.3 is 5.97 Å². The van der Waals surface area contributed by atoms with E-state index in [0.29, 0.717) is 25.0 Å². The van der Waals surface area contributed by atoms with Crippen molar-refractivity contribution in [3.63, 3.8) is 0 Å². The maximum atomic E-state index is 14.5. The highest BCUT2D eigenvalue weighted by molar-refractivity contribution is 5.67. The summed E-state index contributed by atoms with van der Waals surface area (Å²) in [6.07, 6.45) is 6.69. The van der Waals surface area contributed by atoms with Crippen LogP contribution in [0, 0.1) is 0 Å². The number of rotatable bonds is 10. The topological polar surface area (TPSA) is 88.0 Å². The summed E-state index contributed by atoms with van der Waals surface area (Å²) < 4.78 is 29.0.